The van der Waals surface area contributed by atoms with E-state index in [0.29, 0.717) is 24.4 Å². The van der Waals surface area contributed by atoms with Crippen LogP contribution in [-0.2, 0) is 9.53 Å². The van der Waals surface area contributed by atoms with Crippen LogP contribution >= 0.6 is 0 Å². The summed E-state index contributed by atoms with van der Waals surface area (Å²) >= 11 is 0. The number of rotatable bonds is 5. The van der Waals surface area contributed by atoms with Crippen LogP contribution in [0.15, 0.2) is 61.1 Å². The number of aromatic nitrogens is 3. The molecule has 5 rings (SSSR count). The van der Waals surface area contributed by atoms with Crippen molar-refractivity contribution in [3.63, 3.8) is 0 Å². The lowest BCUT2D eigenvalue weighted by molar-refractivity contribution is -0.117. The van der Waals surface area contributed by atoms with Gasteiger partial charge in [0, 0.05) is 53.8 Å². The maximum Gasteiger partial charge on any atom is 0.354 e. The second-order valence-corrected chi connectivity index (χ2v) is 7.68. The topological polar surface area (TPSA) is 88.2 Å². The van der Waals surface area contributed by atoms with Gasteiger partial charge in [-0.3, -0.25) is 9.78 Å². The average molecular weight is 426 g/mol. The molecular formula is C25H22N4O3. The van der Waals surface area contributed by atoms with Gasteiger partial charge in [-0.2, -0.15) is 0 Å². The molecule has 1 fully saturated rings. The molecule has 3 aromatic heterocycles. The van der Waals surface area contributed by atoms with Crippen molar-refractivity contribution in [1.82, 2.24) is 15.0 Å². The van der Waals surface area contributed by atoms with Crippen molar-refractivity contribution in [3.8, 4) is 22.3 Å². The number of carbonyl (C=O) groups excluding carboxylic acids is 2. The predicted octanol–water partition coefficient (Wildman–Crippen LogP) is 4.60. The molecule has 1 aliphatic rings. The summed E-state index contributed by atoms with van der Waals surface area (Å²) in [6, 6.07) is 13.7. The SMILES string of the molecule is CCOC(=O)c1cc2c(-c3cncc(-c4ccc(N5CCCC5=O)cc4)c3)ccnc2[nH]1. The molecule has 1 aromatic carbocycles. The third-order valence-corrected chi connectivity index (χ3v) is 5.66. The maximum atomic E-state index is 12.1. The van der Waals surface area contributed by atoms with Crippen molar-refractivity contribution < 1.29 is 14.3 Å². The van der Waals surface area contributed by atoms with Gasteiger partial charge < -0.3 is 14.6 Å². The lowest BCUT2D eigenvalue weighted by atomic mass is 10.0. The Bertz CT molecular complexity index is 1310. The maximum absolute atomic E-state index is 12.1. The Kier molecular flexibility index (Phi) is 5.15. The normalized spacial score (nSPS) is 13.7. The van der Waals surface area contributed by atoms with Crippen LogP contribution in [0.25, 0.3) is 33.3 Å². The van der Waals surface area contributed by atoms with E-state index in [1.54, 1.807) is 25.4 Å². The van der Waals surface area contributed by atoms with E-state index >= 15 is 0 Å². The van der Waals surface area contributed by atoms with Gasteiger partial charge in [-0.1, -0.05) is 12.1 Å². The molecule has 1 amide bonds. The summed E-state index contributed by atoms with van der Waals surface area (Å²) in [6.45, 7) is 2.86. The molecule has 1 N–H and O–H groups in total. The highest BCUT2D eigenvalue weighted by Gasteiger charge is 2.21. The Balaban J connectivity index is 1.48. The molecule has 7 heteroatoms. The summed E-state index contributed by atoms with van der Waals surface area (Å²) in [5.74, 6) is -0.225. The molecule has 0 atom stereocenters. The number of pyridine rings is 2. The molecule has 0 spiro atoms. The van der Waals surface area contributed by atoms with Gasteiger partial charge in [-0.15, -0.1) is 0 Å². The molecule has 0 unspecified atom stereocenters. The molecule has 7 nitrogen and oxygen atoms in total. The van der Waals surface area contributed by atoms with Crippen molar-refractivity contribution in [2.45, 2.75) is 19.8 Å². The van der Waals surface area contributed by atoms with Crippen LogP contribution in [0.5, 0.6) is 0 Å². The van der Waals surface area contributed by atoms with Crippen LogP contribution in [0.3, 0.4) is 0 Å². The summed E-state index contributed by atoms with van der Waals surface area (Å²) in [4.78, 5) is 37.8. The van der Waals surface area contributed by atoms with E-state index in [0.717, 1.165) is 46.3 Å². The van der Waals surface area contributed by atoms with E-state index in [4.69, 9.17) is 4.74 Å². The zero-order chi connectivity index (χ0) is 22.1. The van der Waals surface area contributed by atoms with Crippen LogP contribution in [0.4, 0.5) is 5.69 Å². The number of nitrogens with one attached hydrogen (secondary N) is 1. The number of fused-ring (bicyclic) bond motifs is 1. The van der Waals surface area contributed by atoms with Gasteiger partial charge in [-0.05, 0) is 54.8 Å². The Labute approximate surface area is 185 Å². The molecular weight excluding hydrogens is 404 g/mol. The van der Waals surface area contributed by atoms with Gasteiger partial charge in [0.05, 0.1) is 6.61 Å². The van der Waals surface area contributed by atoms with Gasteiger partial charge in [-0.25, -0.2) is 9.78 Å². The Morgan fingerprint density at radius 2 is 1.91 bits per heavy atom. The molecule has 4 aromatic rings. The average Bonchev–Trinajstić information content (AvgIpc) is 3.45. The number of anilines is 1. The van der Waals surface area contributed by atoms with Crippen LogP contribution < -0.4 is 4.90 Å². The highest BCUT2D eigenvalue weighted by molar-refractivity contribution is 6.00. The van der Waals surface area contributed by atoms with Gasteiger partial charge in [0.25, 0.3) is 0 Å². The molecule has 0 aliphatic carbocycles. The predicted molar refractivity (Wildman–Crippen MR) is 122 cm³/mol. The van der Waals surface area contributed by atoms with Gasteiger partial charge in [0.15, 0.2) is 0 Å². The summed E-state index contributed by atoms with van der Waals surface area (Å²) in [5.41, 5.74) is 5.75. The van der Waals surface area contributed by atoms with Crippen molar-refractivity contribution in [3.05, 3.63) is 66.7 Å². The molecule has 0 bridgehead atoms. The minimum absolute atomic E-state index is 0.178. The van der Waals surface area contributed by atoms with Crippen molar-refractivity contribution in [1.29, 1.82) is 0 Å². The number of H-pyrrole nitrogens is 1. The monoisotopic (exact) mass is 426 g/mol. The number of benzene rings is 1. The minimum atomic E-state index is -0.403. The van der Waals surface area contributed by atoms with E-state index < -0.39 is 5.97 Å². The largest absolute Gasteiger partial charge is 0.461 e. The lowest BCUT2D eigenvalue weighted by Crippen LogP contribution is -2.23. The molecule has 160 valence electrons. The van der Waals surface area contributed by atoms with Gasteiger partial charge in [0.2, 0.25) is 5.91 Å². The van der Waals surface area contributed by atoms with Crippen LogP contribution in [0.2, 0.25) is 0 Å². The fourth-order valence-electron chi connectivity index (χ4n) is 4.10. The van der Waals surface area contributed by atoms with E-state index in [2.05, 4.69) is 21.0 Å². The molecule has 1 aliphatic heterocycles. The highest BCUT2D eigenvalue weighted by atomic mass is 16.5. The summed E-state index contributed by atoms with van der Waals surface area (Å²) in [6.07, 6.45) is 6.85. The first-order chi connectivity index (χ1) is 15.6. The summed E-state index contributed by atoms with van der Waals surface area (Å²) < 4.78 is 5.10. The van der Waals surface area contributed by atoms with E-state index in [1.165, 1.54) is 0 Å². The minimum Gasteiger partial charge on any atom is -0.461 e. The summed E-state index contributed by atoms with van der Waals surface area (Å²) in [7, 11) is 0. The number of nitrogens with zero attached hydrogens (tertiary/aromatic N) is 3. The zero-order valence-corrected chi connectivity index (χ0v) is 17.7. The van der Waals surface area contributed by atoms with Crippen LogP contribution in [0.1, 0.15) is 30.3 Å². The number of amides is 1. The number of carbonyl (C=O) groups is 2. The summed E-state index contributed by atoms with van der Waals surface area (Å²) in [5, 5.41) is 0.831. The fraction of sp³-hybridized carbons (Fsp3) is 0.200. The molecule has 0 radical (unpaired) electrons. The number of ether oxygens (including phenoxy) is 1. The third kappa shape index (κ3) is 3.62. The number of hydrogen-bond acceptors (Lipinski definition) is 5. The Morgan fingerprint density at radius 3 is 2.66 bits per heavy atom. The van der Waals surface area contributed by atoms with Crippen molar-refractivity contribution >= 4 is 28.6 Å². The lowest BCUT2D eigenvalue weighted by Gasteiger charge is -2.16. The second-order valence-electron chi connectivity index (χ2n) is 7.68. The first-order valence-electron chi connectivity index (χ1n) is 10.6. The third-order valence-electron chi connectivity index (χ3n) is 5.66. The smallest absolute Gasteiger partial charge is 0.354 e. The quantitative estimate of drug-likeness (QED) is 0.472. The molecule has 1 saturated heterocycles. The Hall–Kier alpha value is -4.00. The Morgan fingerprint density at radius 1 is 1.09 bits per heavy atom. The van der Waals surface area contributed by atoms with Crippen molar-refractivity contribution in [2.75, 3.05) is 18.1 Å². The van der Waals surface area contributed by atoms with Gasteiger partial charge in [0.1, 0.15) is 11.3 Å². The van der Waals surface area contributed by atoms with Crippen molar-refractivity contribution in [2.24, 2.45) is 0 Å². The second kappa shape index (κ2) is 8.26. The van der Waals surface area contributed by atoms with E-state index in [-0.39, 0.29) is 5.91 Å². The molecule has 32 heavy (non-hydrogen) atoms. The first-order valence-corrected chi connectivity index (χ1v) is 10.6. The number of esters is 1. The standard InChI is InChI=1S/C25H22N4O3/c1-2-32-25(31)22-13-21-20(9-10-27-24(21)28-22)18-12-17(14-26-15-18)16-5-7-19(8-6-16)29-11-3-4-23(29)30/h5-10,12-15H,2-4,11H2,1H3,(H,27,28). The molecule has 0 saturated carbocycles. The van der Waals surface area contributed by atoms with Crippen LogP contribution in [0, 0.1) is 0 Å². The molecule has 4 heterocycles. The van der Waals surface area contributed by atoms with E-state index in [9.17, 15) is 9.59 Å². The number of hydrogen-bond donors (Lipinski definition) is 1. The highest BCUT2D eigenvalue weighted by Crippen LogP contribution is 2.31. The van der Waals surface area contributed by atoms with Gasteiger partial charge >= 0.3 is 5.97 Å². The number of aromatic amines is 1. The fourth-order valence-corrected chi connectivity index (χ4v) is 4.10. The zero-order valence-electron chi connectivity index (χ0n) is 17.7. The van der Waals surface area contributed by atoms with E-state index in [1.807, 2.05) is 41.4 Å². The van der Waals surface area contributed by atoms with Crippen LogP contribution in [-0.4, -0.2) is 40.0 Å². The first kappa shape index (κ1) is 19.9.